The Bertz CT molecular complexity index is 3070. The summed E-state index contributed by atoms with van der Waals surface area (Å²) in [4.78, 5) is 10.9. The number of benzene rings is 7. The van der Waals surface area contributed by atoms with Crippen molar-refractivity contribution in [2.75, 3.05) is 0 Å². The van der Waals surface area contributed by atoms with Gasteiger partial charge in [0, 0.05) is 38.3 Å². The smallest absolute Gasteiger partial charge is 0.160 e. The standard InChI is InChI=1S/C51H32N2OS/c1-2-13-31(14-3-1)32-25-27-34(28-26-32)50-52-47-36-17-6-11-24-44(36)55-49(47)48(53-50)37-18-12-21-40-46(37)45-35-16-5-4-15-33(35)29-30-41(45)51(40)38-19-7-9-22-42(38)54-43-23-10-8-20-39(43)51/h1-13,15-31H,14H2. The number of ether oxygens (including phenoxy) is 1. The van der Waals surface area contributed by atoms with Gasteiger partial charge in [0.15, 0.2) is 5.82 Å². The van der Waals surface area contributed by atoms with Gasteiger partial charge in [-0.05, 0) is 63.2 Å². The maximum absolute atomic E-state index is 6.67. The number of thiophene rings is 1. The first-order valence-electron chi connectivity index (χ1n) is 18.9. The molecule has 4 heteroatoms. The first-order chi connectivity index (χ1) is 27.3. The number of aromatic nitrogens is 2. The Morgan fingerprint density at radius 1 is 0.582 bits per heavy atom. The highest BCUT2D eigenvalue weighted by atomic mass is 32.1. The Hall–Kier alpha value is -6.62. The Morgan fingerprint density at radius 3 is 2.09 bits per heavy atom. The second-order valence-electron chi connectivity index (χ2n) is 14.7. The van der Waals surface area contributed by atoms with Gasteiger partial charge in [0.05, 0.1) is 21.3 Å². The van der Waals surface area contributed by atoms with Gasteiger partial charge >= 0.3 is 0 Å². The molecule has 0 saturated carbocycles. The Morgan fingerprint density at radius 2 is 1.29 bits per heavy atom. The number of rotatable bonds is 3. The number of allylic oxidation sites excluding steroid dienone is 4. The van der Waals surface area contributed by atoms with Gasteiger partial charge in [0.25, 0.3) is 0 Å². The summed E-state index contributed by atoms with van der Waals surface area (Å²) in [5.74, 6) is 2.89. The lowest BCUT2D eigenvalue weighted by Crippen LogP contribution is -2.32. The van der Waals surface area contributed by atoms with Crippen LogP contribution < -0.4 is 4.74 Å². The van der Waals surface area contributed by atoms with E-state index in [-0.39, 0.29) is 0 Å². The zero-order valence-corrected chi connectivity index (χ0v) is 30.6. The molecule has 1 unspecified atom stereocenters. The van der Waals surface area contributed by atoms with E-state index < -0.39 is 5.41 Å². The highest BCUT2D eigenvalue weighted by Gasteiger charge is 2.52. The van der Waals surface area contributed by atoms with Crippen LogP contribution in [-0.4, -0.2) is 9.97 Å². The predicted molar refractivity (Wildman–Crippen MR) is 226 cm³/mol. The average Bonchev–Trinajstić information content (AvgIpc) is 3.78. The molecule has 2 aliphatic carbocycles. The average molecular weight is 721 g/mol. The molecule has 1 atom stereocenters. The summed E-state index contributed by atoms with van der Waals surface area (Å²) in [7, 11) is 0. The van der Waals surface area contributed by atoms with E-state index in [9.17, 15) is 0 Å². The van der Waals surface area contributed by atoms with Crippen molar-refractivity contribution >= 4 is 42.4 Å². The lowest BCUT2D eigenvalue weighted by Gasteiger charge is -2.39. The van der Waals surface area contributed by atoms with Crippen LogP contribution in [-0.2, 0) is 5.41 Å². The molecule has 12 rings (SSSR count). The quantitative estimate of drug-likeness (QED) is 0.182. The van der Waals surface area contributed by atoms with Crippen molar-refractivity contribution in [2.45, 2.75) is 17.8 Å². The first kappa shape index (κ1) is 30.8. The van der Waals surface area contributed by atoms with Crippen molar-refractivity contribution in [3.8, 4) is 45.3 Å². The largest absolute Gasteiger partial charge is 0.457 e. The minimum atomic E-state index is -0.593. The summed E-state index contributed by atoms with van der Waals surface area (Å²) >= 11 is 1.78. The summed E-state index contributed by atoms with van der Waals surface area (Å²) < 4.78 is 8.98. The van der Waals surface area contributed by atoms with Gasteiger partial charge in [-0.15, -0.1) is 11.3 Å². The first-order valence-corrected chi connectivity index (χ1v) is 19.8. The van der Waals surface area contributed by atoms with Crippen molar-refractivity contribution in [3.63, 3.8) is 0 Å². The molecule has 1 spiro atoms. The summed E-state index contributed by atoms with van der Waals surface area (Å²) in [5, 5.41) is 3.60. The lowest BCUT2D eigenvalue weighted by atomic mass is 9.66. The van der Waals surface area contributed by atoms with Crippen LogP contribution in [0.3, 0.4) is 0 Å². The van der Waals surface area contributed by atoms with Gasteiger partial charge in [0.2, 0.25) is 0 Å². The van der Waals surface area contributed by atoms with Crippen LogP contribution >= 0.6 is 11.3 Å². The molecule has 0 N–H and O–H groups in total. The molecule has 0 bridgehead atoms. The van der Waals surface area contributed by atoms with Crippen molar-refractivity contribution in [1.29, 1.82) is 0 Å². The molecule has 1 aliphatic heterocycles. The highest BCUT2D eigenvalue weighted by molar-refractivity contribution is 7.26. The minimum Gasteiger partial charge on any atom is -0.457 e. The van der Waals surface area contributed by atoms with Gasteiger partial charge in [0.1, 0.15) is 11.5 Å². The van der Waals surface area contributed by atoms with Crippen LogP contribution in [0.1, 0.15) is 40.2 Å². The number of para-hydroxylation sites is 2. The van der Waals surface area contributed by atoms with Gasteiger partial charge < -0.3 is 4.74 Å². The zero-order chi connectivity index (χ0) is 36.1. The Balaban J connectivity index is 1.18. The molecule has 7 aromatic carbocycles. The summed E-state index contributed by atoms with van der Waals surface area (Å²) in [6, 6.07) is 55.0. The molecule has 0 saturated heterocycles. The number of hydrogen-bond donors (Lipinski definition) is 0. The number of fused-ring (bicyclic) bond motifs is 14. The predicted octanol–water partition coefficient (Wildman–Crippen LogP) is 13.4. The third-order valence-corrected chi connectivity index (χ3v) is 13.1. The van der Waals surface area contributed by atoms with Crippen LogP contribution in [0.25, 0.3) is 64.8 Å². The van der Waals surface area contributed by atoms with Crippen LogP contribution in [0.15, 0.2) is 176 Å². The highest BCUT2D eigenvalue weighted by Crippen LogP contribution is 2.64. The zero-order valence-electron chi connectivity index (χ0n) is 29.7. The van der Waals surface area contributed by atoms with Crippen LogP contribution in [0.2, 0.25) is 0 Å². The van der Waals surface area contributed by atoms with E-state index in [4.69, 9.17) is 14.7 Å². The van der Waals surface area contributed by atoms with Gasteiger partial charge in [-0.3, -0.25) is 0 Å². The molecular weight excluding hydrogens is 689 g/mol. The Kier molecular flexibility index (Phi) is 6.55. The van der Waals surface area contributed by atoms with Crippen molar-refractivity contribution in [1.82, 2.24) is 9.97 Å². The van der Waals surface area contributed by atoms with E-state index in [0.29, 0.717) is 5.92 Å². The van der Waals surface area contributed by atoms with Crippen molar-refractivity contribution in [2.24, 2.45) is 0 Å². The third-order valence-electron chi connectivity index (χ3n) is 11.9. The molecule has 3 nitrogen and oxygen atoms in total. The van der Waals surface area contributed by atoms with E-state index in [1.54, 1.807) is 11.3 Å². The molecule has 0 radical (unpaired) electrons. The molecule has 3 aliphatic rings. The third kappa shape index (κ3) is 4.31. The molecule has 3 heterocycles. The number of hydrogen-bond acceptors (Lipinski definition) is 4. The normalized spacial score (nSPS) is 15.9. The SMILES string of the molecule is C1=CCC(c2ccc(-c3nc(-c4cccc5c4-c4c(ccc6ccccc46)C54c5ccccc5Oc5ccccc54)c4sc5ccccc5c4n3)cc2)C=C1. The van der Waals surface area contributed by atoms with E-state index in [2.05, 4.69) is 176 Å². The van der Waals surface area contributed by atoms with Crippen molar-refractivity contribution in [3.05, 3.63) is 204 Å². The summed E-state index contributed by atoms with van der Waals surface area (Å²) in [6.45, 7) is 0. The molecule has 2 aromatic heterocycles. The second-order valence-corrected chi connectivity index (χ2v) is 15.8. The molecule has 55 heavy (non-hydrogen) atoms. The monoisotopic (exact) mass is 720 g/mol. The molecule has 0 amide bonds. The van der Waals surface area contributed by atoms with Crippen molar-refractivity contribution < 1.29 is 4.74 Å². The van der Waals surface area contributed by atoms with Gasteiger partial charge in [-0.1, -0.05) is 158 Å². The topological polar surface area (TPSA) is 35.0 Å². The minimum absolute atomic E-state index is 0.383. The van der Waals surface area contributed by atoms with Crippen LogP contribution in [0.4, 0.5) is 0 Å². The van der Waals surface area contributed by atoms with Gasteiger partial charge in [-0.25, -0.2) is 9.97 Å². The molecular formula is C51H32N2OS. The molecule has 258 valence electrons. The van der Waals surface area contributed by atoms with E-state index in [1.165, 1.54) is 43.3 Å². The van der Waals surface area contributed by atoms with Crippen LogP contribution in [0, 0.1) is 0 Å². The van der Waals surface area contributed by atoms with E-state index in [0.717, 1.165) is 67.3 Å². The second kappa shape index (κ2) is 11.7. The summed E-state index contributed by atoms with van der Waals surface area (Å²) in [6.07, 6.45) is 9.82. The summed E-state index contributed by atoms with van der Waals surface area (Å²) in [5.41, 5.74) is 12.1. The fraction of sp³-hybridized carbons (Fsp3) is 0.0588. The number of nitrogens with zero attached hydrogens (tertiary/aromatic N) is 2. The van der Waals surface area contributed by atoms with Crippen LogP contribution in [0.5, 0.6) is 11.5 Å². The van der Waals surface area contributed by atoms with Gasteiger partial charge in [-0.2, -0.15) is 0 Å². The molecule has 9 aromatic rings. The molecule has 0 fully saturated rings. The fourth-order valence-electron chi connectivity index (χ4n) is 9.51. The van der Waals surface area contributed by atoms with E-state index >= 15 is 0 Å². The maximum atomic E-state index is 6.67. The fourth-order valence-corrected chi connectivity index (χ4v) is 10.7. The lowest BCUT2D eigenvalue weighted by molar-refractivity contribution is 0.436. The Labute approximate surface area is 322 Å². The van der Waals surface area contributed by atoms with E-state index in [1.807, 2.05) is 0 Å². The maximum Gasteiger partial charge on any atom is 0.160 e.